The normalized spacial score (nSPS) is 24.2. The molecule has 0 amide bonds. The third-order valence-corrected chi connectivity index (χ3v) is 2.11. The van der Waals surface area contributed by atoms with Crippen LogP contribution in [0.4, 0.5) is 0 Å². The highest BCUT2D eigenvalue weighted by Gasteiger charge is 2.00. The van der Waals surface area contributed by atoms with Gasteiger partial charge >= 0.3 is 0 Å². The third kappa shape index (κ3) is 5.36. The maximum Gasteiger partial charge on any atom is 0.00129 e. The smallest absolute Gasteiger partial charge is 0.00129 e. The van der Waals surface area contributed by atoms with Crippen molar-refractivity contribution in [3.63, 3.8) is 0 Å². The Labute approximate surface area is 77.5 Å². The van der Waals surface area contributed by atoms with Crippen LogP contribution >= 0.6 is 0 Å². The third-order valence-electron chi connectivity index (χ3n) is 2.11. The van der Waals surface area contributed by atoms with Crippen molar-refractivity contribution in [2.45, 2.75) is 40.0 Å². The number of hydrogen-bond acceptors (Lipinski definition) is 1. The molecule has 72 valence electrons. The van der Waals surface area contributed by atoms with E-state index in [4.69, 9.17) is 0 Å². The summed E-state index contributed by atoms with van der Waals surface area (Å²) in [5.74, 6) is 0. The van der Waals surface area contributed by atoms with Crippen molar-refractivity contribution in [2.24, 2.45) is 0 Å². The predicted octanol–water partition coefficient (Wildman–Crippen LogP) is 3.07. The molecule has 0 unspecified atom stereocenters. The average molecular weight is 169 g/mol. The molecule has 0 atom stereocenters. The maximum absolute atomic E-state index is 2.41. The molecule has 0 saturated heterocycles. The number of nitrogens with zero attached hydrogens (tertiary/aromatic N) is 1. The highest BCUT2D eigenvalue weighted by Crippen LogP contribution is 2.09. The largest absolute Gasteiger partial charge is 0.306 e. The van der Waals surface area contributed by atoms with E-state index in [1.54, 1.807) is 5.57 Å². The molecule has 1 heterocycles. The van der Waals surface area contributed by atoms with Gasteiger partial charge in [0.15, 0.2) is 0 Å². The van der Waals surface area contributed by atoms with Gasteiger partial charge in [0.05, 0.1) is 0 Å². The van der Waals surface area contributed by atoms with E-state index in [2.05, 4.69) is 24.9 Å². The second-order valence-corrected chi connectivity index (χ2v) is 3.25. The van der Waals surface area contributed by atoms with E-state index >= 15 is 0 Å². The van der Waals surface area contributed by atoms with Crippen molar-refractivity contribution in [3.05, 3.63) is 11.6 Å². The lowest BCUT2D eigenvalue weighted by Crippen LogP contribution is -2.21. The van der Waals surface area contributed by atoms with Gasteiger partial charge in [-0.25, -0.2) is 0 Å². The highest BCUT2D eigenvalue weighted by molar-refractivity contribution is 4.99. The lowest BCUT2D eigenvalue weighted by molar-refractivity contribution is 0.331. The van der Waals surface area contributed by atoms with Crippen LogP contribution in [0.2, 0.25) is 0 Å². The molecule has 1 heteroatoms. The molecule has 1 aliphatic rings. The van der Waals surface area contributed by atoms with Crippen LogP contribution in [0.3, 0.4) is 0 Å². The molecule has 0 aromatic heterocycles. The van der Waals surface area contributed by atoms with E-state index in [9.17, 15) is 0 Å². The van der Waals surface area contributed by atoms with Crippen LogP contribution in [0.5, 0.6) is 0 Å². The molecule has 1 aliphatic heterocycles. The van der Waals surface area contributed by atoms with Gasteiger partial charge in [-0.15, -0.1) is 0 Å². The van der Waals surface area contributed by atoms with Crippen LogP contribution in [0.1, 0.15) is 40.0 Å². The van der Waals surface area contributed by atoms with Crippen molar-refractivity contribution in [3.8, 4) is 0 Å². The minimum Gasteiger partial charge on any atom is -0.306 e. The van der Waals surface area contributed by atoms with Crippen molar-refractivity contribution in [2.75, 3.05) is 20.1 Å². The van der Waals surface area contributed by atoms with E-state index in [1.807, 2.05) is 13.8 Å². The summed E-state index contributed by atoms with van der Waals surface area (Å²) < 4.78 is 0. The van der Waals surface area contributed by atoms with Gasteiger partial charge in [-0.3, -0.25) is 0 Å². The lowest BCUT2D eigenvalue weighted by Gasteiger charge is -2.18. The Morgan fingerprint density at radius 3 is 2.58 bits per heavy atom. The zero-order chi connectivity index (χ0) is 9.40. The fraction of sp³-hybridized carbons (Fsp3) is 0.818. The molecule has 0 saturated carbocycles. The zero-order valence-electron chi connectivity index (χ0n) is 9.06. The molecule has 12 heavy (non-hydrogen) atoms. The number of rotatable bonds is 0. The van der Waals surface area contributed by atoms with Crippen LogP contribution < -0.4 is 0 Å². The molecule has 1 rings (SSSR count). The van der Waals surface area contributed by atoms with E-state index in [-0.39, 0.29) is 0 Å². The van der Waals surface area contributed by atoms with Gasteiger partial charge < -0.3 is 4.90 Å². The Kier molecular flexibility index (Phi) is 7.17. The van der Waals surface area contributed by atoms with Crippen molar-refractivity contribution >= 4 is 0 Å². The Bertz CT molecular complexity index is 127. The van der Waals surface area contributed by atoms with Gasteiger partial charge in [0.2, 0.25) is 0 Å². The Morgan fingerprint density at radius 1 is 1.25 bits per heavy atom. The summed E-state index contributed by atoms with van der Waals surface area (Å²) in [5, 5.41) is 0. The maximum atomic E-state index is 2.41. The minimum atomic E-state index is 1.23. The Hall–Kier alpha value is -0.300. The molecule has 0 aromatic carbocycles. The van der Waals surface area contributed by atoms with Crippen molar-refractivity contribution in [1.29, 1.82) is 0 Å². The summed E-state index contributed by atoms with van der Waals surface area (Å²) in [6, 6.07) is 0. The van der Waals surface area contributed by atoms with Crippen LogP contribution in [-0.4, -0.2) is 25.0 Å². The van der Waals surface area contributed by atoms with E-state index in [0.29, 0.717) is 0 Å². The van der Waals surface area contributed by atoms with Crippen LogP contribution in [-0.2, 0) is 0 Å². The van der Waals surface area contributed by atoms with Gasteiger partial charge in [0.1, 0.15) is 0 Å². The molecular weight excluding hydrogens is 146 g/mol. The average Bonchev–Trinajstić information content (AvgIpc) is 2.05. The summed E-state index contributed by atoms with van der Waals surface area (Å²) in [6.45, 7) is 8.74. The van der Waals surface area contributed by atoms with Crippen LogP contribution in [0, 0.1) is 0 Å². The Balaban J connectivity index is 0.000000561. The molecule has 0 N–H and O–H groups in total. The molecule has 0 fully saturated rings. The highest BCUT2D eigenvalue weighted by atomic mass is 15.1. The SMILES string of the molecule is C/C1=C/CCN(C)CCC1.CC. The molecule has 0 spiro atoms. The van der Waals surface area contributed by atoms with Gasteiger partial charge in [0, 0.05) is 6.54 Å². The molecular formula is C11H23N. The zero-order valence-corrected chi connectivity index (χ0v) is 9.06. The first-order valence-corrected chi connectivity index (χ1v) is 5.13. The van der Waals surface area contributed by atoms with Gasteiger partial charge in [-0.05, 0) is 39.8 Å². The standard InChI is InChI=1S/C9H17N.C2H6/c1-9-5-3-7-10(2)8-4-6-9;1-2/h5H,3-4,6-8H2,1-2H3;1-2H3/b9-5-;. The van der Waals surface area contributed by atoms with Crippen LogP contribution in [0.15, 0.2) is 11.6 Å². The summed E-state index contributed by atoms with van der Waals surface area (Å²) in [6.07, 6.45) is 6.24. The first-order valence-electron chi connectivity index (χ1n) is 5.13. The predicted molar refractivity (Wildman–Crippen MR) is 56.5 cm³/mol. The first-order chi connectivity index (χ1) is 5.79. The van der Waals surface area contributed by atoms with Crippen molar-refractivity contribution < 1.29 is 0 Å². The molecule has 0 aromatic rings. The molecule has 1 nitrogen and oxygen atoms in total. The number of hydrogen-bond donors (Lipinski definition) is 0. The molecule has 0 bridgehead atoms. The van der Waals surface area contributed by atoms with Gasteiger partial charge in [-0.2, -0.15) is 0 Å². The quantitative estimate of drug-likeness (QED) is 0.504. The molecule has 0 aliphatic carbocycles. The van der Waals surface area contributed by atoms with E-state index in [1.165, 1.54) is 32.4 Å². The summed E-state index contributed by atoms with van der Waals surface area (Å²) >= 11 is 0. The van der Waals surface area contributed by atoms with Crippen LogP contribution in [0.25, 0.3) is 0 Å². The molecule has 0 radical (unpaired) electrons. The fourth-order valence-electron chi connectivity index (χ4n) is 1.37. The first kappa shape index (κ1) is 11.7. The fourth-order valence-corrected chi connectivity index (χ4v) is 1.37. The second-order valence-electron chi connectivity index (χ2n) is 3.25. The topological polar surface area (TPSA) is 3.24 Å². The van der Waals surface area contributed by atoms with Gasteiger partial charge in [0.25, 0.3) is 0 Å². The lowest BCUT2D eigenvalue weighted by atomic mass is 10.1. The van der Waals surface area contributed by atoms with E-state index in [0.717, 1.165) is 0 Å². The van der Waals surface area contributed by atoms with Gasteiger partial charge in [-0.1, -0.05) is 25.5 Å². The summed E-state index contributed by atoms with van der Waals surface area (Å²) in [7, 11) is 2.20. The second kappa shape index (κ2) is 7.35. The monoisotopic (exact) mass is 169 g/mol. The van der Waals surface area contributed by atoms with E-state index < -0.39 is 0 Å². The Morgan fingerprint density at radius 2 is 1.92 bits per heavy atom. The van der Waals surface area contributed by atoms with Crippen molar-refractivity contribution in [1.82, 2.24) is 4.90 Å². The summed E-state index contributed by atoms with van der Waals surface area (Å²) in [4.78, 5) is 2.41. The summed E-state index contributed by atoms with van der Waals surface area (Å²) in [5.41, 5.74) is 1.58. The number of allylic oxidation sites excluding steroid dienone is 1. The minimum absolute atomic E-state index is 1.23.